The number of hydrogen-bond donors (Lipinski definition) is 2. The molecule has 2 N–H and O–H groups in total. The summed E-state index contributed by atoms with van der Waals surface area (Å²) in [5, 5.41) is 11.6. The third-order valence-electron chi connectivity index (χ3n) is 3.28. The van der Waals surface area contributed by atoms with Crippen LogP contribution in [0.15, 0.2) is 35.8 Å². The minimum Gasteiger partial charge on any atom is -0.480 e. The van der Waals surface area contributed by atoms with E-state index in [9.17, 15) is 14.0 Å². The lowest BCUT2D eigenvalue weighted by Gasteiger charge is -2.00. The predicted octanol–water partition coefficient (Wildman–Crippen LogP) is 3.40. The minimum atomic E-state index is -1.17. The summed E-state index contributed by atoms with van der Waals surface area (Å²) in [6, 6.07) is 6.13. The maximum absolute atomic E-state index is 13.2. The van der Waals surface area contributed by atoms with Crippen molar-refractivity contribution in [2.24, 2.45) is 0 Å². The molecule has 0 aliphatic rings. The first-order valence-electron chi connectivity index (χ1n) is 6.13. The Morgan fingerprint density at radius 3 is 2.90 bits per heavy atom. The zero-order chi connectivity index (χ0) is 15.0. The van der Waals surface area contributed by atoms with Crippen LogP contribution in [-0.2, 0) is 9.59 Å². The molecule has 2 heterocycles. The van der Waals surface area contributed by atoms with Crippen LogP contribution in [0, 0.1) is 5.82 Å². The summed E-state index contributed by atoms with van der Waals surface area (Å²) >= 11 is 1.22. The van der Waals surface area contributed by atoms with Gasteiger partial charge in [-0.3, -0.25) is 4.79 Å². The van der Waals surface area contributed by atoms with Gasteiger partial charge in [0.1, 0.15) is 18.0 Å². The van der Waals surface area contributed by atoms with Crippen molar-refractivity contribution < 1.29 is 19.1 Å². The van der Waals surface area contributed by atoms with Crippen molar-refractivity contribution in [2.45, 2.75) is 5.92 Å². The number of aldehydes is 1. The van der Waals surface area contributed by atoms with Gasteiger partial charge in [-0.15, -0.1) is 11.3 Å². The van der Waals surface area contributed by atoms with Crippen LogP contribution >= 0.6 is 11.3 Å². The van der Waals surface area contributed by atoms with Crippen LogP contribution in [0.1, 0.15) is 10.8 Å². The Bertz CT molecular complexity index is 836. The van der Waals surface area contributed by atoms with Crippen molar-refractivity contribution in [1.29, 1.82) is 0 Å². The minimum absolute atomic E-state index is 0.325. The van der Waals surface area contributed by atoms with Gasteiger partial charge in [0.2, 0.25) is 0 Å². The summed E-state index contributed by atoms with van der Waals surface area (Å²) in [7, 11) is 0. The molecule has 0 saturated heterocycles. The standard InChI is InChI=1S/C15H10FNO3S/c16-9-1-2-10-11(5-17-13(10)4-9)8-3-14(21-7-8)12(6-18)15(19)20/h1-7,12,17H,(H,19,20). The highest BCUT2D eigenvalue weighted by Crippen LogP contribution is 2.34. The number of halogens is 1. The third kappa shape index (κ3) is 2.34. The lowest BCUT2D eigenvalue weighted by atomic mass is 10.0. The first kappa shape index (κ1) is 13.5. The quantitative estimate of drug-likeness (QED) is 0.573. The second kappa shape index (κ2) is 5.14. The molecular weight excluding hydrogens is 293 g/mol. The summed E-state index contributed by atoms with van der Waals surface area (Å²) < 4.78 is 13.2. The van der Waals surface area contributed by atoms with Crippen molar-refractivity contribution in [3.63, 3.8) is 0 Å². The summed E-state index contributed by atoms with van der Waals surface area (Å²) in [5.41, 5.74) is 2.33. The Morgan fingerprint density at radius 2 is 2.19 bits per heavy atom. The molecular formula is C15H10FNO3S. The number of carboxylic acid groups (broad SMARTS) is 1. The lowest BCUT2D eigenvalue weighted by molar-refractivity contribution is -0.140. The van der Waals surface area contributed by atoms with Gasteiger partial charge in [-0.05, 0) is 35.2 Å². The molecule has 106 valence electrons. The number of thiophene rings is 1. The number of H-pyrrole nitrogens is 1. The number of benzene rings is 1. The van der Waals surface area contributed by atoms with Crippen molar-refractivity contribution in [3.8, 4) is 11.1 Å². The summed E-state index contributed by atoms with van der Waals surface area (Å²) in [5.74, 6) is -2.64. The Morgan fingerprint density at radius 1 is 1.38 bits per heavy atom. The highest BCUT2D eigenvalue weighted by molar-refractivity contribution is 7.10. The molecule has 1 aromatic carbocycles. The van der Waals surface area contributed by atoms with Gasteiger partial charge in [0, 0.05) is 27.5 Å². The lowest BCUT2D eigenvalue weighted by Crippen LogP contribution is -2.10. The Labute approximate surface area is 122 Å². The molecule has 1 unspecified atom stereocenters. The first-order valence-corrected chi connectivity index (χ1v) is 7.01. The molecule has 6 heteroatoms. The molecule has 0 aliphatic heterocycles. The van der Waals surface area contributed by atoms with Crippen LogP contribution in [0.2, 0.25) is 0 Å². The van der Waals surface area contributed by atoms with E-state index in [2.05, 4.69) is 4.98 Å². The van der Waals surface area contributed by atoms with E-state index in [0.29, 0.717) is 16.7 Å². The number of hydrogen-bond acceptors (Lipinski definition) is 3. The van der Waals surface area contributed by atoms with Crippen molar-refractivity contribution in [1.82, 2.24) is 4.98 Å². The molecule has 2 aromatic heterocycles. The molecule has 0 spiro atoms. The summed E-state index contributed by atoms with van der Waals surface area (Å²) in [6.45, 7) is 0. The normalized spacial score (nSPS) is 12.4. The maximum Gasteiger partial charge on any atom is 0.319 e. The molecule has 0 radical (unpaired) electrons. The van der Waals surface area contributed by atoms with Gasteiger partial charge in [0.15, 0.2) is 0 Å². The van der Waals surface area contributed by atoms with Gasteiger partial charge in [-0.2, -0.15) is 0 Å². The Kier molecular flexibility index (Phi) is 3.31. The number of aromatic amines is 1. The molecule has 0 fully saturated rings. The molecule has 0 saturated carbocycles. The fraction of sp³-hybridized carbons (Fsp3) is 0.0667. The van der Waals surface area contributed by atoms with E-state index in [4.69, 9.17) is 5.11 Å². The number of carboxylic acids is 1. The predicted molar refractivity (Wildman–Crippen MR) is 78.0 cm³/mol. The molecule has 21 heavy (non-hydrogen) atoms. The van der Waals surface area contributed by atoms with Gasteiger partial charge in [0.25, 0.3) is 0 Å². The number of fused-ring (bicyclic) bond motifs is 1. The second-order valence-electron chi connectivity index (χ2n) is 4.58. The molecule has 3 aromatic rings. The van der Waals surface area contributed by atoms with Crippen LogP contribution < -0.4 is 0 Å². The largest absolute Gasteiger partial charge is 0.480 e. The Balaban J connectivity index is 2.06. The van der Waals surface area contributed by atoms with Crippen LogP contribution in [0.25, 0.3) is 22.0 Å². The average Bonchev–Trinajstić information content (AvgIpc) is 3.05. The van der Waals surface area contributed by atoms with Crippen molar-refractivity contribution >= 4 is 34.5 Å². The van der Waals surface area contributed by atoms with E-state index in [1.807, 2.05) is 0 Å². The topological polar surface area (TPSA) is 70.2 Å². The fourth-order valence-electron chi connectivity index (χ4n) is 2.24. The Hall–Kier alpha value is -2.47. The second-order valence-corrected chi connectivity index (χ2v) is 5.52. The number of carbonyl (C=O) groups is 2. The fourth-order valence-corrected chi connectivity index (χ4v) is 3.20. The van der Waals surface area contributed by atoms with Crippen LogP contribution in [0.3, 0.4) is 0 Å². The number of rotatable bonds is 4. The first-order chi connectivity index (χ1) is 10.1. The van der Waals surface area contributed by atoms with E-state index in [1.165, 1.54) is 23.5 Å². The number of carbonyl (C=O) groups excluding carboxylic acids is 1. The molecule has 0 amide bonds. The highest BCUT2D eigenvalue weighted by atomic mass is 32.1. The molecule has 0 bridgehead atoms. The zero-order valence-corrected chi connectivity index (χ0v) is 11.5. The van der Waals surface area contributed by atoms with E-state index in [-0.39, 0.29) is 5.82 Å². The highest BCUT2D eigenvalue weighted by Gasteiger charge is 2.21. The van der Waals surface area contributed by atoms with Gasteiger partial charge in [-0.25, -0.2) is 4.39 Å². The average molecular weight is 303 g/mol. The van der Waals surface area contributed by atoms with Gasteiger partial charge in [-0.1, -0.05) is 0 Å². The smallest absolute Gasteiger partial charge is 0.319 e. The summed E-state index contributed by atoms with van der Waals surface area (Å²) in [6.07, 6.45) is 2.16. The third-order valence-corrected chi connectivity index (χ3v) is 4.30. The number of aromatic nitrogens is 1. The van der Waals surface area contributed by atoms with Crippen LogP contribution in [0.4, 0.5) is 4.39 Å². The monoisotopic (exact) mass is 303 g/mol. The van der Waals surface area contributed by atoms with Crippen molar-refractivity contribution in [2.75, 3.05) is 0 Å². The van der Waals surface area contributed by atoms with E-state index >= 15 is 0 Å². The van der Waals surface area contributed by atoms with E-state index < -0.39 is 11.9 Å². The van der Waals surface area contributed by atoms with Gasteiger partial charge in [0.05, 0.1) is 0 Å². The van der Waals surface area contributed by atoms with Crippen LogP contribution in [0.5, 0.6) is 0 Å². The van der Waals surface area contributed by atoms with Crippen molar-refractivity contribution in [3.05, 3.63) is 46.5 Å². The van der Waals surface area contributed by atoms with E-state index in [1.54, 1.807) is 23.7 Å². The molecule has 3 rings (SSSR count). The van der Waals surface area contributed by atoms with Crippen LogP contribution in [-0.4, -0.2) is 22.3 Å². The SMILES string of the molecule is O=CC(C(=O)O)c1cc(-c2c[nH]c3cc(F)ccc23)cs1. The van der Waals surface area contributed by atoms with Gasteiger partial charge >= 0.3 is 5.97 Å². The summed E-state index contributed by atoms with van der Waals surface area (Å²) in [4.78, 5) is 25.3. The molecule has 4 nitrogen and oxygen atoms in total. The molecule has 0 aliphatic carbocycles. The maximum atomic E-state index is 13.2. The van der Waals surface area contributed by atoms with E-state index in [0.717, 1.165) is 16.5 Å². The number of aliphatic carboxylic acids is 1. The zero-order valence-electron chi connectivity index (χ0n) is 10.7. The number of nitrogens with one attached hydrogen (secondary N) is 1. The molecule has 1 atom stereocenters. The van der Waals surface area contributed by atoms with Gasteiger partial charge < -0.3 is 14.9 Å².